The van der Waals surface area contributed by atoms with Gasteiger partial charge >= 0.3 is 0 Å². The lowest BCUT2D eigenvalue weighted by Gasteiger charge is -2.38. The number of hydrogen-bond acceptors (Lipinski definition) is 6. The summed E-state index contributed by atoms with van der Waals surface area (Å²) < 4.78 is 23.5. The van der Waals surface area contributed by atoms with E-state index in [-0.39, 0.29) is 9.92 Å². The first kappa shape index (κ1) is 16.7. The van der Waals surface area contributed by atoms with Crippen LogP contribution in [-0.4, -0.2) is 24.3 Å². The van der Waals surface area contributed by atoms with Crippen LogP contribution >= 0.6 is 23.4 Å². The van der Waals surface area contributed by atoms with Crippen LogP contribution in [0.4, 0.5) is 5.69 Å². The van der Waals surface area contributed by atoms with Crippen molar-refractivity contribution in [1.29, 1.82) is 0 Å². The van der Waals surface area contributed by atoms with Crippen LogP contribution in [0.5, 0.6) is 0 Å². The zero-order valence-corrected chi connectivity index (χ0v) is 15.2. The molecule has 2 aromatic carbocycles. The lowest BCUT2D eigenvalue weighted by molar-refractivity contribution is -0.0504. The number of nitrogens with two attached hydrogens (primary N) is 1. The molecular weight excluding hydrogens is 382 g/mol. The van der Waals surface area contributed by atoms with Crippen molar-refractivity contribution in [3.05, 3.63) is 63.6 Å². The number of benzene rings is 2. The fourth-order valence-corrected chi connectivity index (χ4v) is 5.15. The van der Waals surface area contributed by atoms with Gasteiger partial charge in [0.25, 0.3) is 0 Å². The molecule has 1 unspecified atom stereocenters. The van der Waals surface area contributed by atoms with Crippen LogP contribution in [0, 0.1) is 0 Å². The maximum absolute atomic E-state index is 11.7. The summed E-state index contributed by atoms with van der Waals surface area (Å²) in [7, 11) is -3.99. The van der Waals surface area contributed by atoms with Gasteiger partial charge < -0.3 is 5.11 Å². The molecule has 0 radical (unpaired) electrons. The molecule has 130 valence electrons. The van der Waals surface area contributed by atoms with Crippen molar-refractivity contribution < 1.29 is 13.5 Å². The van der Waals surface area contributed by atoms with E-state index in [4.69, 9.17) is 16.7 Å². The molecule has 4 rings (SSSR count). The van der Waals surface area contributed by atoms with E-state index >= 15 is 0 Å². The molecule has 0 aliphatic carbocycles. The highest BCUT2D eigenvalue weighted by Crippen LogP contribution is 2.48. The molecule has 2 heterocycles. The van der Waals surface area contributed by atoms with Gasteiger partial charge in [-0.25, -0.2) is 18.6 Å². The number of nitrogens with one attached hydrogen (secondary N) is 1. The highest BCUT2D eigenvalue weighted by Gasteiger charge is 2.46. The van der Waals surface area contributed by atoms with Crippen molar-refractivity contribution in [1.82, 2.24) is 5.01 Å². The summed E-state index contributed by atoms with van der Waals surface area (Å²) in [5, 5.41) is 19.0. The van der Waals surface area contributed by atoms with Crippen LogP contribution in [0.25, 0.3) is 6.08 Å². The first-order valence-corrected chi connectivity index (χ1v) is 10.3. The second kappa shape index (κ2) is 5.65. The molecule has 2 aliphatic heterocycles. The van der Waals surface area contributed by atoms with Gasteiger partial charge in [0.2, 0.25) is 10.0 Å². The zero-order valence-electron chi connectivity index (χ0n) is 12.8. The van der Waals surface area contributed by atoms with Gasteiger partial charge in [-0.05, 0) is 24.3 Å². The van der Waals surface area contributed by atoms with Crippen molar-refractivity contribution in [2.24, 2.45) is 5.14 Å². The Labute approximate surface area is 154 Å². The third kappa shape index (κ3) is 2.70. The predicted octanol–water partition coefficient (Wildman–Crippen LogP) is 2.52. The largest absolute Gasteiger partial charge is 0.365 e. The Bertz CT molecular complexity index is 1010. The fourth-order valence-electron chi connectivity index (χ4n) is 2.90. The summed E-state index contributed by atoms with van der Waals surface area (Å²) in [5.74, 6) is 0.325. The Morgan fingerprint density at radius 1 is 1.28 bits per heavy atom. The molecule has 9 heteroatoms. The second-order valence-electron chi connectivity index (χ2n) is 5.81. The van der Waals surface area contributed by atoms with E-state index in [9.17, 15) is 13.5 Å². The number of primary sulfonamides is 1. The number of sulfonamides is 1. The molecule has 0 saturated carbocycles. The summed E-state index contributed by atoms with van der Waals surface area (Å²) in [4.78, 5) is -0.208. The number of hydrogen-bond donors (Lipinski definition) is 3. The number of fused-ring (bicyclic) bond motifs is 2. The number of rotatable bonds is 2. The Kier molecular flexibility index (Phi) is 3.78. The van der Waals surface area contributed by atoms with E-state index in [0.717, 1.165) is 16.3 Å². The average molecular weight is 396 g/mol. The topological polar surface area (TPSA) is 95.7 Å². The van der Waals surface area contributed by atoms with Crippen molar-refractivity contribution in [2.75, 3.05) is 11.2 Å². The lowest BCUT2D eigenvalue weighted by Crippen LogP contribution is -2.46. The van der Waals surface area contributed by atoms with Gasteiger partial charge in [-0.1, -0.05) is 35.9 Å². The molecule has 25 heavy (non-hydrogen) atoms. The smallest absolute Gasteiger partial charge is 0.239 e. The quantitative estimate of drug-likeness (QED) is 0.723. The molecule has 1 atom stereocenters. The van der Waals surface area contributed by atoms with Crippen molar-refractivity contribution >= 4 is 45.1 Å². The van der Waals surface area contributed by atoms with Crippen LogP contribution in [-0.2, 0) is 15.7 Å². The minimum atomic E-state index is -3.99. The van der Waals surface area contributed by atoms with E-state index in [2.05, 4.69) is 5.43 Å². The maximum atomic E-state index is 11.7. The number of aliphatic hydroxyl groups is 1. The molecule has 4 N–H and O–H groups in total. The van der Waals surface area contributed by atoms with Crippen molar-refractivity contribution in [3.8, 4) is 0 Å². The van der Waals surface area contributed by atoms with Gasteiger partial charge in [-0.3, -0.25) is 5.43 Å². The SMILES string of the molecule is NS(=O)(=O)c1cc(C2(O)CSC3=Cc4ccccc4NN32)ccc1Cl. The number of hydrazine groups is 1. The Balaban J connectivity index is 1.80. The molecule has 2 aromatic rings. The standard InChI is InChI=1S/C16H14ClN3O3S2/c17-12-6-5-11(8-14(12)25(18,22)23)16(21)9-24-15-7-10-3-1-2-4-13(10)19-20(15)16/h1-8,19,21H,9H2,(H2,18,22,23). The van der Waals surface area contributed by atoms with Gasteiger partial charge in [0.05, 0.1) is 21.5 Å². The van der Waals surface area contributed by atoms with E-state index in [1.807, 2.05) is 30.3 Å². The minimum absolute atomic E-state index is 0.0215. The molecular formula is C16H14ClN3O3S2. The molecule has 0 aromatic heterocycles. The van der Waals surface area contributed by atoms with E-state index in [0.29, 0.717) is 11.3 Å². The summed E-state index contributed by atoms with van der Waals surface area (Å²) in [6.45, 7) is 0. The third-order valence-electron chi connectivity index (χ3n) is 4.18. The van der Waals surface area contributed by atoms with Gasteiger partial charge in [-0.15, -0.1) is 11.8 Å². The van der Waals surface area contributed by atoms with Gasteiger partial charge in [0, 0.05) is 11.1 Å². The van der Waals surface area contributed by atoms with E-state index in [1.165, 1.54) is 23.9 Å². The van der Waals surface area contributed by atoms with Crippen molar-refractivity contribution in [2.45, 2.75) is 10.6 Å². The number of nitrogens with zero attached hydrogens (tertiary/aromatic N) is 1. The number of halogens is 1. The molecule has 0 amide bonds. The zero-order chi connectivity index (χ0) is 17.8. The fraction of sp³-hybridized carbons (Fsp3) is 0.125. The average Bonchev–Trinajstić information content (AvgIpc) is 2.90. The molecule has 2 aliphatic rings. The highest BCUT2D eigenvalue weighted by atomic mass is 35.5. The molecule has 1 saturated heterocycles. The van der Waals surface area contributed by atoms with Crippen LogP contribution in [0.15, 0.2) is 52.4 Å². The van der Waals surface area contributed by atoms with Gasteiger partial charge in [0.15, 0.2) is 5.72 Å². The first-order chi connectivity index (χ1) is 11.8. The normalized spacial score (nSPS) is 22.0. The number of thioether (sulfide) groups is 1. The van der Waals surface area contributed by atoms with Crippen molar-refractivity contribution in [3.63, 3.8) is 0 Å². The highest BCUT2D eigenvalue weighted by molar-refractivity contribution is 8.03. The van der Waals surface area contributed by atoms with E-state index < -0.39 is 15.7 Å². The molecule has 0 spiro atoms. The monoisotopic (exact) mass is 395 g/mol. The third-order valence-corrected chi connectivity index (χ3v) is 6.72. The summed E-state index contributed by atoms with van der Waals surface area (Å²) >= 11 is 7.42. The summed E-state index contributed by atoms with van der Waals surface area (Å²) in [6.07, 6.45) is 1.98. The number of anilines is 1. The molecule has 1 fully saturated rings. The first-order valence-electron chi connectivity index (χ1n) is 7.35. The summed E-state index contributed by atoms with van der Waals surface area (Å²) in [6, 6.07) is 12.1. The Hall–Kier alpha value is -1.71. The van der Waals surface area contributed by atoms with Crippen LogP contribution in [0.3, 0.4) is 0 Å². The van der Waals surface area contributed by atoms with Gasteiger partial charge in [0.1, 0.15) is 4.90 Å². The van der Waals surface area contributed by atoms with Crippen LogP contribution in [0.1, 0.15) is 11.1 Å². The van der Waals surface area contributed by atoms with Crippen LogP contribution < -0.4 is 10.6 Å². The Morgan fingerprint density at radius 3 is 2.80 bits per heavy atom. The minimum Gasteiger partial charge on any atom is -0.365 e. The van der Waals surface area contributed by atoms with Crippen LogP contribution in [0.2, 0.25) is 5.02 Å². The maximum Gasteiger partial charge on any atom is 0.239 e. The number of para-hydroxylation sites is 1. The summed E-state index contributed by atoms with van der Waals surface area (Å²) in [5.41, 5.74) is 4.03. The van der Waals surface area contributed by atoms with Gasteiger partial charge in [-0.2, -0.15) is 0 Å². The second-order valence-corrected chi connectivity index (χ2v) is 8.75. The predicted molar refractivity (Wildman–Crippen MR) is 99.1 cm³/mol. The Morgan fingerprint density at radius 2 is 2.04 bits per heavy atom. The lowest BCUT2D eigenvalue weighted by atomic mass is 10.0. The van der Waals surface area contributed by atoms with E-state index in [1.54, 1.807) is 11.1 Å². The molecule has 6 nitrogen and oxygen atoms in total. The molecule has 0 bridgehead atoms.